The second kappa shape index (κ2) is 8.13. The molecular formula is C16H15N3O4S2. The van der Waals surface area contributed by atoms with Crippen molar-refractivity contribution in [2.45, 2.75) is 23.4 Å². The van der Waals surface area contributed by atoms with Gasteiger partial charge in [-0.25, -0.2) is 4.98 Å². The number of carbonyl (C=O) groups excluding carboxylic acids is 1. The average molecular weight is 377 g/mol. The molecule has 2 aromatic heterocycles. The largest absolute Gasteiger partial charge is 0.507 e. The predicted molar refractivity (Wildman–Crippen MR) is 93.4 cm³/mol. The lowest BCUT2D eigenvalue weighted by Gasteiger charge is -1.98. The third-order valence-electron chi connectivity index (χ3n) is 3.09. The zero-order valence-corrected chi connectivity index (χ0v) is 15.0. The molecule has 130 valence electrons. The molecule has 0 atom stereocenters. The highest BCUT2D eigenvalue weighted by Crippen LogP contribution is 2.29. The van der Waals surface area contributed by atoms with Crippen molar-refractivity contribution in [3.05, 3.63) is 41.2 Å². The fourth-order valence-corrected chi connectivity index (χ4v) is 3.69. The van der Waals surface area contributed by atoms with E-state index in [9.17, 15) is 9.90 Å². The summed E-state index contributed by atoms with van der Waals surface area (Å²) in [5.74, 6) is 1.06. The van der Waals surface area contributed by atoms with Gasteiger partial charge >= 0.3 is 5.97 Å². The van der Waals surface area contributed by atoms with E-state index in [0.717, 1.165) is 4.34 Å². The maximum Gasteiger partial charge on any atom is 0.311 e. The zero-order valence-electron chi connectivity index (χ0n) is 13.3. The first-order valence-electron chi connectivity index (χ1n) is 7.49. The van der Waals surface area contributed by atoms with Crippen LogP contribution in [0.2, 0.25) is 0 Å². The highest BCUT2D eigenvalue weighted by Gasteiger charge is 2.14. The Kier molecular flexibility index (Phi) is 5.67. The zero-order chi connectivity index (χ0) is 17.6. The van der Waals surface area contributed by atoms with Crippen LogP contribution in [0.4, 0.5) is 0 Å². The van der Waals surface area contributed by atoms with Crippen LogP contribution in [-0.2, 0) is 21.7 Å². The number of aromatic nitrogens is 3. The summed E-state index contributed by atoms with van der Waals surface area (Å²) in [6.07, 6.45) is 0.171. The molecule has 25 heavy (non-hydrogen) atoms. The molecule has 0 aliphatic rings. The van der Waals surface area contributed by atoms with Crippen molar-refractivity contribution in [1.29, 1.82) is 0 Å². The number of para-hydroxylation sites is 1. The molecular weight excluding hydrogens is 362 g/mol. The molecule has 3 rings (SSSR count). The first kappa shape index (κ1) is 17.4. The smallest absolute Gasteiger partial charge is 0.311 e. The number of carbonyl (C=O) groups is 1. The molecule has 0 spiro atoms. The lowest BCUT2D eigenvalue weighted by molar-refractivity contribution is -0.142. The number of phenols is 1. The summed E-state index contributed by atoms with van der Waals surface area (Å²) in [5, 5.41) is 15.6. The number of phenolic OH excluding ortho intramolecular Hbond substituents is 1. The summed E-state index contributed by atoms with van der Waals surface area (Å²) in [6.45, 7) is 2.14. The number of hydrogen-bond acceptors (Lipinski definition) is 9. The molecule has 0 saturated carbocycles. The van der Waals surface area contributed by atoms with Crippen LogP contribution >= 0.6 is 23.1 Å². The molecule has 0 fully saturated rings. The molecule has 7 nitrogen and oxygen atoms in total. The van der Waals surface area contributed by atoms with E-state index in [4.69, 9.17) is 9.26 Å². The van der Waals surface area contributed by atoms with Gasteiger partial charge in [0.25, 0.3) is 5.89 Å². The van der Waals surface area contributed by atoms with Crippen molar-refractivity contribution in [3.8, 4) is 17.2 Å². The summed E-state index contributed by atoms with van der Waals surface area (Å²) in [6, 6.07) is 6.79. The molecule has 3 aromatic rings. The van der Waals surface area contributed by atoms with Gasteiger partial charge in [-0.15, -0.1) is 11.3 Å². The topological polar surface area (TPSA) is 98.3 Å². The third kappa shape index (κ3) is 4.58. The van der Waals surface area contributed by atoms with Crippen LogP contribution in [0.15, 0.2) is 38.5 Å². The monoisotopic (exact) mass is 377 g/mol. The fourth-order valence-electron chi connectivity index (χ4n) is 2.00. The van der Waals surface area contributed by atoms with Gasteiger partial charge in [-0.1, -0.05) is 29.1 Å². The van der Waals surface area contributed by atoms with Gasteiger partial charge in [-0.05, 0) is 19.1 Å². The molecule has 1 aromatic carbocycles. The van der Waals surface area contributed by atoms with Crippen molar-refractivity contribution in [1.82, 2.24) is 15.1 Å². The highest BCUT2D eigenvalue weighted by molar-refractivity contribution is 8.00. The number of nitrogens with zero attached hydrogens (tertiary/aromatic N) is 3. The second-order valence-corrected chi connectivity index (χ2v) is 6.99. The Morgan fingerprint density at radius 2 is 2.20 bits per heavy atom. The molecule has 0 amide bonds. The van der Waals surface area contributed by atoms with E-state index in [1.165, 1.54) is 23.1 Å². The van der Waals surface area contributed by atoms with Crippen LogP contribution in [0.3, 0.4) is 0 Å². The minimum absolute atomic E-state index is 0.0916. The van der Waals surface area contributed by atoms with Gasteiger partial charge in [0, 0.05) is 5.38 Å². The number of thioether (sulfide) groups is 1. The van der Waals surface area contributed by atoms with Crippen LogP contribution in [-0.4, -0.2) is 32.8 Å². The Hall–Kier alpha value is -2.39. The minimum atomic E-state index is -0.283. The van der Waals surface area contributed by atoms with Crippen molar-refractivity contribution >= 4 is 29.1 Å². The van der Waals surface area contributed by atoms with Crippen LogP contribution in [0, 0.1) is 0 Å². The van der Waals surface area contributed by atoms with Gasteiger partial charge in [-0.3, -0.25) is 4.79 Å². The van der Waals surface area contributed by atoms with E-state index in [2.05, 4.69) is 15.1 Å². The molecule has 0 saturated heterocycles. The van der Waals surface area contributed by atoms with E-state index < -0.39 is 0 Å². The van der Waals surface area contributed by atoms with Gasteiger partial charge in [-0.2, -0.15) is 4.98 Å². The summed E-state index contributed by atoms with van der Waals surface area (Å²) in [5.41, 5.74) is 1.19. The molecule has 2 heterocycles. The number of thiazole rings is 1. The maximum absolute atomic E-state index is 11.4. The molecule has 0 aliphatic heterocycles. The Balaban J connectivity index is 1.59. The standard InChI is InChI=1S/C16H15N3O4S2/c1-2-22-14(21)7-10-8-24-16(17-10)25-9-13-18-15(23-19-13)11-5-3-4-6-12(11)20/h3-6,8,20H,2,7,9H2,1H3. The Morgan fingerprint density at radius 1 is 1.36 bits per heavy atom. The molecule has 0 aliphatic carbocycles. The first-order valence-corrected chi connectivity index (χ1v) is 9.36. The second-order valence-electron chi connectivity index (χ2n) is 4.91. The van der Waals surface area contributed by atoms with Crippen molar-refractivity contribution in [2.75, 3.05) is 6.61 Å². The number of esters is 1. The highest BCUT2D eigenvalue weighted by atomic mass is 32.2. The Morgan fingerprint density at radius 3 is 3.00 bits per heavy atom. The maximum atomic E-state index is 11.4. The third-order valence-corrected chi connectivity index (χ3v) is 5.15. The normalized spacial score (nSPS) is 10.8. The van der Waals surface area contributed by atoms with E-state index in [-0.39, 0.29) is 24.0 Å². The number of hydrogen-bond donors (Lipinski definition) is 1. The van der Waals surface area contributed by atoms with Crippen LogP contribution in [0.5, 0.6) is 5.75 Å². The fraction of sp³-hybridized carbons (Fsp3) is 0.250. The lowest BCUT2D eigenvalue weighted by Crippen LogP contribution is -2.07. The number of rotatable bonds is 7. The number of aromatic hydroxyl groups is 1. The number of ether oxygens (including phenoxy) is 1. The summed E-state index contributed by atoms with van der Waals surface area (Å²) in [4.78, 5) is 20.1. The lowest BCUT2D eigenvalue weighted by atomic mass is 10.2. The predicted octanol–water partition coefficient (Wildman–Crippen LogP) is 3.30. The summed E-state index contributed by atoms with van der Waals surface area (Å²) >= 11 is 2.91. The van der Waals surface area contributed by atoms with Crippen molar-refractivity contribution < 1.29 is 19.2 Å². The number of benzene rings is 1. The van der Waals surface area contributed by atoms with E-state index in [1.807, 2.05) is 5.38 Å². The van der Waals surface area contributed by atoms with E-state index in [1.54, 1.807) is 31.2 Å². The Labute approximate surface area is 152 Å². The van der Waals surface area contributed by atoms with Gasteiger partial charge in [0.2, 0.25) is 0 Å². The van der Waals surface area contributed by atoms with Crippen molar-refractivity contribution in [2.24, 2.45) is 0 Å². The minimum Gasteiger partial charge on any atom is -0.507 e. The first-order chi connectivity index (χ1) is 12.2. The van der Waals surface area contributed by atoms with E-state index >= 15 is 0 Å². The van der Waals surface area contributed by atoms with Gasteiger partial charge in [0.15, 0.2) is 10.2 Å². The van der Waals surface area contributed by atoms with Crippen molar-refractivity contribution in [3.63, 3.8) is 0 Å². The van der Waals surface area contributed by atoms with Crippen LogP contribution in [0.25, 0.3) is 11.5 Å². The van der Waals surface area contributed by atoms with Gasteiger partial charge in [0.1, 0.15) is 5.75 Å². The van der Waals surface area contributed by atoms with Gasteiger partial charge in [0.05, 0.1) is 30.0 Å². The van der Waals surface area contributed by atoms with E-state index in [0.29, 0.717) is 29.4 Å². The quantitative estimate of drug-likeness (QED) is 0.495. The van der Waals surface area contributed by atoms with Crippen LogP contribution in [0.1, 0.15) is 18.4 Å². The molecule has 0 unspecified atom stereocenters. The summed E-state index contributed by atoms with van der Waals surface area (Å²) in [7, 11) is 0. The molecule has 0 radical (unpaired) electrons. The SMILES string of the molecule is CCOC(=O)Cc1csc(SCc2noc(-c3ccccc3O)n2)n1. The molecule has 0 bridgehead atoms. The Bertz CT molecular complexity index is 862. The molecule has 1 N–H and O–H groups in total. The molecule has 9 heteroatoms. The summed E-state index contributed by atoms with van der Waals surface area (Å²) < 4.78 is 10.9. The average Bonchev–Trinajstić information content (AvgIpc) is 3.23. The van der Waals surface area contributed by atoms with Gasteiger partial charge < -0.3 is 14.4 Å². The van der Waals surface area contributed by atoms with Crippen LogP contribution < -0.4 is 0 Å².